The first-order valence-electron chi connectivity index (χ1n) is 13.6. The van der Waals surface area contributed by atoms with Crippen molar-refractivity contribution in [1.82, 2.24) is 14.8 Å². The summed E-state index contributed by atoms with van der Waals surface area (Å²) in [5.74, 6) is 6.95. The van der Waals surface area contributed by atoms with Gasteiger partial charge in [-0.1, -0.05) is 57.2 Å². The van der Waals surface area contributed by atoms with E-state index in [1.807, 2.05) is 42.5 Å². The summed E-state index contributed by atoms with van der Waals surface area (Å²) in [5, 5.41) is 5.62. The van der Waals surface area contributed by atoms with Gasteiger partial charge in [-0.2, -0.15) is 9.89 Å². The number of hydrogen-bond acceptors (Lipinski definition) is 5. The molecule has 6 nitrogen and oxygen atoms in total. The molecule has 1 unspecified atom stereocenters. The molecule has 36 heavy (non-hydrogen) atoms. The lowest BCUT2D eigenvalue weighted by atomic mass is 9.89. The van der Waals surface area contributed by atoms with Gasteiger partial charge in [-0.15, -0.1) is 0 Å². The quantitative estimate of drug-likeness (QED) is 0.217. The maximum atomic E-state index is 13.4. The molecule has 190 valence electrons. The molecule has 0 bridgehead atoms. The van der Waals surface area contributed by atoms with Crippen LogP contribution in [0.1, 0.15) is 86.3 Å². The summed E-state index contributed by atoms with van der Waals surface area (Å²) in [6.45, 7) is 5.04. The van der Waals surface area contributed by atoms with Crippen molar-refractivity contribution in [2.45, 2.75) is 70.8 Å². The molecule has 2 aromatic carbocycles. The van der Waals surface area contributed by atoms with Crippen LogP contribution in [0.15, 0.2) is 48.5 Å². The topological polar surface area (TPSA) is 73.4 Å². The van der Waals surface area contributed by atoms with E-state index in [4.69, 9.17) is 10.6 Å². The highest BCUT2D eigenvalue weighted by Gasteiger charge is 2.28. The van der Waals surface area contributed by atoms with Crippen LogP contribution >= 0.6 is 0 Å². The second-order valence-electron chi connectivity index (χ2n) is 10.2. The Morgan fingerprint density at radius 2 is 1.94 bits per heavy atom. The number of hydrogen-bond donors (Lipinski definition) is 1. The zero-order chi connectivity index (χ0) is 24.9. The normalized spacial score (nSPS) is 18.1. The summed E-state index contributed by atoms with van der Waals surface area (Å²) in [6, 6.07) is 13.8. The van der Waals surface area contributed by atoms with Gasteiger partial charge in [-0.05, 0) is 68.1 Å². The van der Waals surface area contributed by atoms with E-state index in [0.29, 0.717) is 23.8 Å². The van der Waals surface area contributed by atoms with Crippen molar-refractivity contribution in [1.29, 1.82) is 0 Å². The molecule has 1 fully saturated rings. The molecule has 0 spiro atoms. The van der Waals surface area contributed by atoms with Gasteiger partial charge in [-0.3, -0.25) is 9.69 Å². The number of rotatable bonds is 10. The fraction of sp³-hybridized carbons (Fsp3) is 0.467. The number of nitrogens with zero attached hydrogens (tertiary/aromatic N) is 3. The standard InChI is InChI=1S/C30H38N4O2/c1-2-3-4-5-8-18-36-26-12-9-10-23(20-26)30(35)24-13-14-28-27(21-24)29(32-34(28)31)22-15-17-33-16-7-6-11-25(33)19-22/h9-10,12-15,20-21,25H,2-8,11,16-19,31H2,1H3. The number of unbranched alkanes of at least 4 members (excludes halogenated alkanes) is 4. The molecule has 3 aromatic rings. The zero-order valence-corrected chi connectivity index (χ0v) is 21.4. The molecular weight excluding hydrogens is 448 g/mol. The van der Waals surface area contributed by atoms with E-state index in [-0.39, 0.29) is 5.78 Å². The second-order valence-corrected chi connectivity index (χ2v) is 10.2. The summed E-state index contributed by atoms with van der Waals surface area (Å²) >= 11 is 0. The predicted molar refractivity (Wildman–Crippen MR) is 146 cm³/mol. The van der Waals surface area contributed by atoms with Gasteiger partial charge in [0.1, 0.15) is 5.75 Å². The van der Waals surface area contributed by atoms with Crippen LogP contribution in [0.25, 0.3) is 16.5 Å². The van der Waals surface area contributed by atoms with Gasteiger partial charge < -0.3 is 10.6 Å². The van der Waals surface area contributed by atoms with E-state index in [9.17, 15) is 4.79 Å². The lowest BCUT2D eigenvalue weighted by molar-refractivity contribution is 0.103. The number of piperidine rings is 1. The van der Waals surface area contributed by atoms with E-state index in [0.717, 1.165) is 41.7 Å². The van der Waals surface area contributed by atoms with Crippen LogP contribution in [0.2, 0.25) is 0 Å². The van der Waals surface area contributed by atoms with E-state index >= 15 is 0 Å². The number of nitrogens with two attached hydrogens (primary N) is 1. The Balaban J connectivity index is 1.34. The van der Waals surface area contributed by atoms with Gasteiger partial charge in [0.05, 0.1) is 17.8 Å². The van der Waals surface area contributed by atoms with Gasteiger partial charge in [0.15, 0.2) is 5.78 Å². The van der Waals surface area contributed by atoms with Crippen LogP contribution in [0, 0.1) is 0 Å². The molecule has 3 heterocycles. The molecule has 1 aromatic heterocycles. The minimum absolute atomic E-state index is 0.0166. The highest BCUT2D eigenvalue weighted by molar-refractivity contribution is 6.11. The first-order valence-corrected chi connectivity index (χ1v) is 13.6. The van der Waals surface area contributed by atoms with Crippen molar-refractivity contribution >= 4 is 22.3 Å². The van der Waals surface area contributed by atoms with E-state index in [1.165, 1.54) is 61.9 Å². The average molecular weight is 487 g/mol. The molecule has 0 saturated carbocycles. The van der Waals surface area contributed by atoms with Crippen LogP contribution in [0.3, 0.4) is 0 Å². The number of fused-ring (bicyclic) bond motifs is 2. The highest BCUT2D eigenvalue weighted by Crippen LogP contribution is 2.34. The lowest BCUT2D eigenvalue weighted by Crippen LogP contribution is -2.41. The van der Waals surface area contributed by atoms with Crippen LogP contribution in [-0.2, 0) is 0 Å². The first-order chi connectivity index (χ1) is 17.6. The molecular formula is C30H38N4O2. The number of aromatic nitrogens is 2. The predicted octanol–water partition coefficient (Wildman–Crippen LogP) is 5.97. The fourth-order valence-electron chi connectivity index (χ4n) is 5.60. The van der Waals surface area contributed by atoms with Crippen LogP contribution in [0.4, 0.5) is 0 Å². The Labute approximate surface area is 214 Å². The fourth-order valence-corrected chi connectivity index (χ4v) is 5.60. The summed E-state index contributed by atoms with van der Waals surface area (Å²) in [6.07, 6.45) is 13.1. The summed E-state index contributed by atoms with van der Waals surface area (Å²) < 4.78 is 5.93. The van der Waals surface area contributed by atoms with Crippen LogP contribution in [0.5, 0.6) is 5.75 Å². The molecule has 2 N–H and O–H groups in total. The Bertz CT molecular complexity index is 1240. The summed E-state index contributed by atoms with van der Waals surface area (Å²) in [7, 11) is 0. The number of nitrogen functional groups attached to an aromatic ring is 1. The third kappa shape index (κ3) is 5.34. The Morgan fingerprint density at radius 3 is 2.83 bits per heavy atom. The minimum Gasteiger partial charge on any atom is -0.494 e. The van der Waals surface area contributed by atoms with Crippen LogP contribution in [-0.4, -0.2) is 46.3 Å². The maximum absolute atomic E-state index is 13.4. The number of ether oxygens (including phenoxy) is 1. The molecule has 1 saturated heterocycles. The Kier molecular flexibility index (Phi) is 7.71. The highest BCUT2D eigenvalue weighted by atomic mass is 16.5. The van der Waals surface area contributed by atoms with Crippen LogP contribution < -0.4 is 10.6 Å². The molecule has 6 heteroatoms. The van der Waals surface area contributed by atoms with E-state index < -0.39 is 0 Å². The second kappa shape index (κ2) is 11.3. The molecule has 0 aliphatic carbocycles. The molecule has 1 atom stereocenters. The van der Waals surface area contributed by atoms with Gasteiger partial charge in [0.2, 0.25) is 0 Å². The summed E-state index contributed by atoms with van der Waals surface area (Å²) in [4.78, 5) is 17.5. The largest absolute Gasteiger partial charge is 0.494 e. The van der Waals surface area contributed by atoms with Crippen molar-refractivity contribution in [3.8, 4) is 5.75 Å². The van der Waals surface area contributed by atoms with Crippen molar-refractivity contribution in [3.63, 3.8) is 0 Å². The molecule has 0 radical (unpaired) electrons. The minimum atomic E-state index is -0.0166. The van der Waals surface area contributed by atoms with Gasteiger partial charge in [0.25, 0.3) is 0 Å². The van der Waals surface area contributed by atoms with Gasteiger partial charge in [-0.25, -0.2) is 0 Å². The smallest absolute Gasteiger partial charge is 0.193 e. The first kappa shape index (κ1) is 24.6. The summed E-state index contributed by atoms with van der Waals surface area (Å²) in [5.41, 5.74) is 4.27. The number of carbonyl (C=O) groups excluding carboxylic acids is 1. The van der Waals surface area contributed by atoms with E-state index in [1.54, 1.807) is 0 Å². The van der Waals surface area contributed by atoms with Gasteiger partial charge in [0, 0.05) is 29.1 Å². The van der Waals surface area contributed by atoms with Crippen molar-refractivity contribution < 1.29 is 9.53 Å². The SMILES string of the molecule is CCCCCCCOc1cccc(C(=O)c2ccc3c(c2)c(C2=CCN4CCCCC4C2)nn3N)c1. The molecule has 5 rings (SSSR count). The lowest BCUT2D eigenvalue weighted by Gasteiger charge is -2.38. The average Bonchev–Trinajstić information content (AvgIpc) is 3.25. The zero-order valence-electron chi connectivity index (χ0n) is 21.4. The number of benzene rings is 2. The Hall–Kier alpha value is -3.12. The maximum Gasteiger partial charge on any atom is 0.193 e. The molecule has 2 aliphatic rings. The van der Waals surface area contributed by atoms with Crippen molar-refractivity contribution in [2.24, 2.45) is 0 Å². The molecule has 2 aliphatic heterocycles. The van der Waals surface area contributed by atoms with Crippen molar-refractivity contribution in [3.05, 3.63) is 65.4 Å². The monoisotopic (exact) mass is 486 g/mol. The van der Waals surface area contributed by atoms with Crippen molar-refractivity contribution in [2.75, 3.05) is 25.5 Å². The number of carbonyl (C=O) groups is 1. The number of ketones is 1. The third-order valence-electron chi connectivity index (χ3n) is 7.66. The van der Waals surface area contributed by atoms with Gasteiger partial charge >= 0.3 is 0 Å². The van der Waals surface area contributed by atoms with E-state index in [2.05, 4.69) is 23.0 Å². The Morgan fingerprint density at radius 1 is 1.08 bits per heavy atom. The molecule has 0 amide bonds. The third-order valence-corrected chi connectivity index (χ3v) is 7.66.